The van der Waals surface area contributed by atoms with E-state index in [2.05, 4.69) is 15.0 Å². The molecule has 20 heavy (non-hydrogen) atoms. The highest BCUT2D eigenvalue weighted by molar-refractivity contribution is 7.92. The Morgan fingerprint density at radius 2 is 2.05 bits per heavy atom. The third kappa shape index (κ3) is 2.88. The summed E-state index contributed by atoms with van der Waals surface area (Å²) in [7, 11) is -2.05. The molecule has 0 fully saturated rings. The van der Waals surface area contributed by atoms with Gasteiger partial charge in [-0.05, 0) is 24.3 Å². The van der Waals surface area contributed by atoms with Crippen LogP contribution in [0, 0.1) is 0 Å². The Morgan fingerprint density at radius 3 is 2.55 bits per heavy atom. The molecule has 0 radical (unpaired) electrons. The number of rotatable bonds is 4. The quantitative estimate of drug-likeness (QED) is 0.324. The minimum atomic E-state index is -3.68. The number of hydrogen-bond donors (Lipinski definition) is 3. The minimum absolute atomic E-state index is 0.0494. The van der Waals surface area contributed by atoms with Gasteiger partial charge >= 0.3 is 0 Å². The van der Waals surface area contributed by atoms with Crippen molar-refractivity contribution in [2.75, 3.05) is 4.72 Å². The second-order valence-corrected chi connectivity index (χ2v) is 5.70. The van der Waals surface area contributed by atoms with E-state index in [4.69, 9.17) is 10.9 Å². The molecule has 0 saturated carbocycles. The van der Waals surface area contributed by atoms with Crippen LogP contribution in [0.5, 0.6) is 0 Å². The van der Waals surface area contributed by atoms with E-state index in [1.807, 2.05) is 0 Å². The predicted molar refractivity (Wildman–Crippen MR) is 73.0 cm³/mol. The van der Waals surface area contributed by atoms with Gasteiger partial charge in [-0.2, -0.15) is 5.10 Å². The standard InChI is InChI=1S/C11H13N5O3S/c1-16-7-10(6-13-16)20(18,19)15-9-4-2-8(3-5-9)11(12)14-17/h2-7,15,17H,1H3,(H2,12,14). The van der Waals surface area contributed by atoms with E-state index >= 15 is 0 Å². The molecule has 1 heterocycles. The minimum Gasteiger partial charge on any atom is -0.409 e. The Labute approximate surface area is 115 Å². The topological polar surface area (TPSA) is 123 Å². The van der Waals surface area contributed by atoms with Crippen LogP contribution in [0.25, 0.3) is 0 Å². The zero-order valence-electron chi connectivity index (χ0n) is 10.6. The first-order valence-electron chi connectivity index (χ1n) is 5.52. The molecule has 8 nitrogen and oxygen atoms in total. The molecule has 1 aromatic heterocycles. The molecule has 0 atom stereocenters. The maximum atomic E-state index is 12.0. The van der Waals surface area contributed by atoms with Gasteiger partial charge in [-0.25, -0.2) is 8.42 Å². The highest BCUT2D eigenvalue weighted by Gasteiger charge is 2.16. The number of nitrogens with zero attached hydrogens (tertiary/aromatic N) is 3. The Hall–Kier alpha value is -2.55. The number of anilines is 1. The van der Waals surface area contributed by atoms with Crippen molar-refractivity contribution in [2.45, 2.75) is 4.90 Å². The number of nitrogens with two attached hydrogens (primary N) is 1. The van der Waals surface area contributed by atoms with Crippen LogP contribution in [-0.2, 0) is 17.1 Å². The Bertz CT molecular complexity index is 734. The largest absolute Gasteiger partial charge is 0.409 e. The highest BCUT2D eigenvalue weighted by Crippen LogP contribution is 2.15. The zero-order chi connectivity index (χ0) is 14.8. The monoisotopic (exact) mass is 295 g/mol. The predicted octanol–water partition coefficient (Wildman–Crippen LogP) is 0.315. The third-order valence-electron chi connectivity index (χ3n) is 2.53. The average Bonchev–Trinajstić information content (AvgIpc) is 2.86. The van der Waals surface area contributed by atoms with Gasteiger partial charge in [-0.1, -0.05) is 5.16 Å². The van der Waals surface area contributed by atoms with Crippen LogP contribution in [0.2, 0.25) is 0 Å². The summed E-state index contributed by atoms with van der Waals surface area (Å²) in [4.78, 5) is 0.0699. The van der Waals surface area contributed by atoms with Crippen LogP contribution < -0.4 is 10.5 Å². The van der Waals surface area contributed by atoms with Crippen LogP contribution in [0.4, 0.5) is 5.69 Å². The maximum absolute atomic E-state index is 12.0. The van der Waals surface area contributed by atoms with Gasteiger partial charge in [-0.15, -0.1) is 0 Å². The molecule has 0 aliphatic rings. The van der Waals surface area contributed by atoms with E-state index in [1.165, 1.54) is 41.3 Å². The fraction of sp³-hybridized carbons (Fsp3) is 0.0909. The lowest BCUT2D eigenvalue weighted by Crippen LogP contribution is -2.14. The molecule has 2 rings (SSSR count). The van der Waals surface area contributed by atoms with Crippen molar-refractivity contribution >= 4 is 21.5 Å². The number of hydrogen-bond acceptors (Lipinski definition) is 5. The summed E-state index contributed by atoms with van der Waals surface area (Å²) in [6.45, 7) is 0. The molecule has 4 N–H and O–H groups in total. The fourth-order valence-electron chi connectivity index (χ4n) is 1.52. The van der Waals surface area contributed by atoms with Crippen molar-refractivity contribution in [3.63, 3.8) is 0 Å². The smallest absolute Gasteiger partial charge is 0.265 e. The van der Waals surface area contributed by atoms with Gasteiger partial charge in [-0.3, -0.25) is 9.40 Å². The first-order chi connectivity index (χ1) is 9.42. The fourth-order valence-corrected chi connectivity index (χ4v) is 2.56. The molecule has 0 unspecified atom stereocenters. The molecular formula is C11H13N5O3S. The summed E-state index contributed by atoms with van der Waals surface area (Å²) in [6, 6.07) is 6.11. The van der Waals surface area contributed by atoms with Gasteiger partial charge in [0.25, 0.3) is 10.0 Å². The van der Waals surface area contributed by atoms with Crippen molar-refractivity contribution in [3.8, 4) is 0 Å². The van der Waals surface area contributed by atoms with Gasteiger partial charge in [0.05, 0.1) is 6.20 Å². The summed E-state index contributed by atoms with van der Waals surface area (Å²) in [5, 5.41) is 15.2. The summed E-state index contributed by atoms with van der Waals surface area (Å²) < 4.78 is 27.9. The molecule has 1 aromatic carbocycles. The van der Waals surface area contributed by atoms with E-state index in [0.717, 1.165) is 0 Å². The molecule has 106 valence electrons. The second kappa shape index (κ2) is 5.21. The van der Waals surface area contributed by atoms with Crippen LogP contribution in [0.15, 0.2) is 46.7 Å². The molecule has 0 bridgehead atoms. The van der Waals surface area contributed by atoms with Gasteiger partial charge in [0.15, 0.2) is 5.84 Å². The Balaban J connectivity index is 2.22. The summed E-state index contributed by atoms with van der Waals surface area (Å²) in [5.74, 6) is -0.0494. The number of aromatic nitrogens is 2. The number of oxime groups is 1. The highest BCUT2D eigenvalue weighted by atomic mass is 32.2. The van der Waals surface area contributed by atoms with Gasteiger partial charge in [0.1, 0.15) is 4.90 Å². The van der Waals surface area contributed by atoms with E-state index in [9.17, 15) is 8.42 Å². The molecule has 0 aliphatic carbocycles. The van der Waals surface area contributed by atoms with Crippen molar-refractivity contribution in [1.82, 2.24) is 9.78 Å². The molecule has 9 heteroatoms. The average molecular weight is 295 g/mol. The zero-order valence-corrected chi connectivity index (χ0v) is 11.4. The SMILES string of the molecule is Cn1cc(S(=O)(=O)Nc2ccc(C(N)=NO)cc2)cn1. The van der Waals surface area contributed by atoms with Crippen LogP contribution in [0.3, 0.4) is 0 Å². The van der Waals surface area contributed by atoms with Crippen LogP contribution in [-0.4, -0.2) is 29.2 Å². The third-order valence-corrected chi connectivity index (χ3v) is 3.87. The Kier molecular flexibility index (Phi) is 3.61. The maximum Gasteiger partial charge on any atom is 0.265 e. The molecule has 0 aliphatic heterocycles. The number of sulfonamides is 1. The van der Waals surface area contributed by atoms with Crippen molar-refractivity contribution < 1.29 is 13.6 Å². The Morgan fingerprint density at radius 1 is 1.40 bits per heavy atom. The number of benzene rings is 1. The first kappa shape index (κ1) is 13.9. The number of aryl methyl sites for hydroxylation is 1. The first-order valence-corrected chi connectivity index (χ1v) is 7.00. The van der Waals surface area contributed by atoms with Crippen LogP contribution in [0.1, 0.15) is 5.56 Å². The van der Waals surface area contributed by atoms with Gasteiger partial charge in [0.2, 0.25) is 0 Å². The van der Waals surface area contributed by atoms with Gasteiger partial charge < -0.3 is 10.9 Å². The van der Waals surface area contributed by atoms with Crippen molar-refractivity contribution in [1.29, 1.82) is 0 Å². The van der Waals surface area contributed by atoms with Gasteiger partial charge in [0, 0.05) is 24.5 Å². The van der Waals surface area contributed by atoms with Crippen molar-refractivity contribution in [2.24, 2.45) is 17.9 Å². The molecular weight excluding hydrogens is 282 g/mol. The second-order valence-electron chi connectivity index (χ2n) is 4.02. The number of nitrogens with one attached hydrogen (secondary N) is 1. The summed E-state index contributed by atoms with van der Waals surface area (Å²) >= 11 is 0. The lowest BCUT2D eigenvalue weighted by molar-refractivity contribution is 0.318. The molecule has 0 amide bonds. The van der Waals surface area contributed by atoms with E-state index < -0.39 is 10.0 Å². The lowest BCUT2D eigenvalue weighted by Gasteiger charge is -2.06. The summed E-state index contributed by atoms with van der Waals surface area (Å²) in [5.41, 5.74) is 6.26. The van der Waals surface area contributed by atoms with E-state index in [1.54, 1.807) is 7.05 Å². The summed E-state index contributed by atoms with van der Waals surface area (Å²) in [6.07, 6.45) is 2.65. The lowest BCUT2D eigenvalue weighted by atomic mass is 10.2. The molecule has 2 aromatic rings. The van der Waals surface area contributed by atoms with E-state index in [0.29, 0.717) is 11.3 Å². The van der Waals surface area contributed by atoms with Crippen LogP contribution >= 0.6 is 0 Å². The molecule has 0 spiro atoms. The molecule has 0 saturated heterocycles. The van der Waals surface area contributed by atoms with E-state index in [-0.39, 0.29) is 10.7 Å². The normalized spacial score (nSPS) is 12.3. The van der Waals surface area contributed by atoms with Crippen molar-refractivity contribution in [3.05, 3.63) is 42.2 Å². The number of amidine groups is 1.